The first-order valence-electron chi connectivity index (χ1n) is 9.32. The molecule has 1 fully saturated rings. The molecule has 7 nitrogen and oxygen atoms in total. The SMILES string of the molecule is Cc1ncccc1Oc1nccnc1C1CCN(C(=O)c2cccnc2)CC1. The topological polar surface area (TPSA) is 81.1 Å². The molecule has 0 saturated carbocycles. The number of likely N-dealkylation sites (tertiary alicyclic amines) is 1. The van der Waals surface area contributed by atoms with Crippen molar-refractivity contribution in [3.8, 4) is 11.6 Å². The monoisotopic (exact) mass is 375 g/mol. The molecule has 0 aliphatic carbocycles. The molecule has 1 aliphatic rings. The Morgan fingerprint density at radius 3 is 2.57 bits per heavy atom. The molecule has 7 heteroatoms. The van der Waals surface area contributed by atoms with E-state index in [1.54, 1.807) is 43.1 Å². The van der Waals surface area contributed by atoms with Crippen molar-refractivity contribution in [1.29, 1.82) is 0 Å². The third-order valence-electron chi connectivity index (χ3n) is 4.93. The second-order valence-electron chi connectivity index (χ2n) is 6.74. The van der Waals surface area contributed by atoms with Crippen LogP contribution in [0.4, 0.5) is 0 Å². The van der Waals surface area contributed by atoms with Crippen molar-refractivity contribution in [3.05, 3.63) is 72.2 Å². The number of carbonyl (C=O) groups excluding carboxylic acids is 1. The number of rotatable bonds is 4. The van der Waals surface area contributed by atoms with Crippen LogP contribution in [-0.4, -0.2) is 43.8 Å². The van der Waals surface area contributed by atoms with Crippen LogP contribution in [0.2, 0.25) is 0 Å². The van der Waals surface area contributed by atoms with E-state index in [-0.39, 0.29) is 11.8 Å². The average molecular weight is 375 g/mol. The first kappa shape index (κ1) is 18.0. The van der Waals surface area contributed by atoms with Crippen molar-refractivity contribution in [1.82, 2.24) is 24.8 Å². The summed E-state index contributed by atoms with van der Waals surface area (Å²) in [5.41, 5.74) is 2.26. The summed E-state index contributed by atoms with van der Waals surface area (Å²) in [7, 11) is 0. The number of hydrogen-bond donors (Lipinski definition) is 0. The summed E-state index contributed by atoms with van der Waals surface area (Å²) in [5, 5.41) is 0. The van der Waals surface area contributed by atoms with Crippen molar-refractivity contribution in [3.63, 3.8) is 0 Å². The summed E-state index contributed by atoms with van der Waals surface area (Å²) in [6.45, 7) is 3.23. The molecule has 0 unspecified atom stereocenters. The number of carbonyl (C=O) groups is 1. The second kappa shape index (κ2) is 8.12. The first-order chi connectivity index (χ1) is 13.7. The van der Waals surface area contributed by atoms with E-state index in [1.165, 1.54) is 0 Å². The van der Waals surface area contributed by atoms with Crippen molar-refractivity contribution < 1.29 is 9.53 Å². The standard InChI is InChI=1S/C21H21N5O2/c1-15-18(5-3-9-23-15)28-20-19(24-10-11-25-20)16-6-12-26(13-7-16)21(27)17-4-2-8-22-14-17/h2-5,8-11,14,16H,6-7,12-13H2,1H3. The summed E-state index contributed by atoms with van der Waals surface area (Å²) in [6.07, 6.45) is 9.95. The van der Waals surface area contributed by atoms with E-state index in [4.69, 9.17) is 4.74 Å². The maximum absolute atomic E-state index is 12.6. The van der Waals surface area contributed by atoms with Gasteiger partial charge in [0.1, 0.15) is 5.69 Å². The minimum atomic E-state index is 0.0214. The lowest BCUT2D eigenvalue weighted by atomic mass is 9.93. The van der Waals surface area contributed by atoms with Gasteiger partial charge in [0.05, 0.1) is 11.3 Å². The Bertz CT molecular complexity index is 956. The Hall–Kier alpha value is -3.35. The number of nitrogens with zero attached hydrogens (tertiary/aromatic N) is 5. The minimum Gasteiger partial charge on any atom is -0.435 e. The van der Waals surface area contributed by atoms with Gasteiger partial charge in [-0.25, -0.2) is 4.98 Å². The number of amides is 1. The fraction of sp³-hybridized carbons (Fsp3) is 0.286. The average Bonchev–Trinajstić information content (AvgIpc) is 2.76. The number of pyridine rings is 2. The van der Waals surface area contributed by atoms with E-state index in [0.29, 0.717) is 30.3 Å². The van der Waals surface area contributed by atoms with Gasteiger partial charge in [0.15, 0.2) is 5.75 Å². The van der Waals surface area contributed by atoms with Gasteiger partial charge in [0.2, 0.25) is 5.88 Å². The van der Waals surface area contributed by atoms with Crippen LogP contribution in [0.3, 0.4) is 0 Å². The summed E-state index contributed by atoms with van der Waals surface area (Å²) in [4.78, 5) is 31.7. The quantitative estimate of drug-likeness (QED) is 0.695. The van der Waals surface area contributed by atoms with Crippen LogP contribution in [0.25, 0.3) is 0 Å². The fourth-order valence-electron chi connectivity index (χ4n) is 3.40. The summed E-state index contributed by atoms with van der Waals surface area (Å²) in [6, 6.07) is 7.28. The van der Waals surface area contributed by atoms with Crippen LogP contribution in [0.15, 0.2) is 55.2 Å². The highest BCUT2D eigenvalue weighted by atomic mass is 16.5. The van der Waals surface area contributed by atoms with Crippen molar-refractivity contribution in [2.45, 2.75) is 25.7 Å². The number of aryl methyl sites for hydroxylation is 1. The first-order valence-corrected chi connectivity index (χ1v) is 9.32. The van der Waals surface area contributed by atoms with Gasteiger partial charge in [-0.2, -0.15) is 0 Å². The molecule has 142 valence electrons. The van der Waals surface area contributed by atoms with E-state index in [0.717, 1.165) is 24.2 Å². The second-order valence-corrected chi connectivity index (χ2v) is 6.74. The molecule has 3 aromatic heterocycles. The van der Waals surface area contributed by atoms with Crippen molar-refractivity contribution >= 4 is 5.91 Å². The summed E-state index contributed by atoms with van der Waals surface area (Å²) < 4.78 is 6.01. The number of piperidine rings is 1. The van der Waals surface area contributed by atoms with Gasteiger partial charge >= 0.3 is 0 Å². The van der Waals surface area contributed by atoms with E-state index < -0.39 is 0 Å². The van der Waals surface area contributed by atoms with Gasteiger partial charge in [-0.05, 0) is 44.0 Å². The molecular weight excluding hydrogens is 354 g/mol. The minimum absolute atomic E-state index is 0.0214. The lowest BCUT2D eigenvalue weighted by Crippen LogP contribution is -2.38. The van der Waals surface area contributed by atoms with Crippen LogP contribution in [0, 0.1) is 6.92 Å². The van der Waals surface area contributed by atoms with Crippen molar-refractivity contribution in [2.75, 3.05) is 13.1 Å². The van der Waals surface area contributed by atoms with Crippen LogP contribution in [-0.2, 0) is 0 Å². The molecule has 3 aromatic rings. The molecule has 4 rings (SSSR count). The Labute approximate surface area is 163 Å². The zero-order valence-corrected chi connectivity index (χ0v) is 15.7. The maximum Gasteiger partial charge on any atom is 0.255 e. The molecule has 0 bridgehead atoms. The lowest BCUT2D eigenvalue weighted by Gasteiger charge is -2.32. The van der Waals surface area contributed by atoms with Gasteiger partial charge in [0, 0.05) is 50.0 Å². The lowest BCUT2D eigenvalue weighted by molar-refractivity contribution is 0.0711. The predicted octanol–water partition coefficient (Wildman–Crippen LogP) is 3.39. The molecule has 1 amide bonds. The van der Waals surface area contributed by atoms with Gasteiger partial charge in [-0.3, -0.25) is 19.7 Å². The Morgan fingerprint density at radius 1 is 1.04 bits per heavy atom. The normalized spacial score (nSPS) is 14.7. The van der Waals surface area contributed by atoms with Gasteiger partial charge < -0.3 is 9.64 Å². The van der Waals surface area contributed by atoms with Crippen LogP contribution < -0.4 is 4.74 Å². The van der Waals surface area contributed by atoms with Crippen LogP contribution in [0.1, 0.15) is 40.5 Å². The smallest absolute Gasteiger partial charge is 0.255 e. The van der Waals surface area contributed by atoms with Gasteiger partial charge in [-0.15, -0.1) is 0 Å². The highest BCUT2D eigenvalue weighted by molar-refractivity contribution is 5.93. The summed E-state index contributed by atoms with van der Waals surface area (Å²) >= 11 is 0. The number of ether oxygens (including phenoxy) is 1. The molecule has 1 saturated heterocycles. The van der Waals surface area contributed by atoms with Crippen LogP contribution in [0.5, 0.6) is 11.6 Å². The third-order valence-corrected chi connectivity index (χ3v) is 4.93. The van der Waals surface area contributed by atoms with Crippen LogP contribution >= 0.6 is 0 Å². The molecular formula is C21H21N5O2. The third kappa shape index (κ3) is 3.83. The molecule has 0 spiro atoms. The molecule has 0 atom stereocenters. The van der Waals surface area contributed by atoms with Gasteiger partial charge in [0.25, 0.3) is 5.91 Å². The van der Waals surface area contributed by atoms with E-state index in [1.807, 2.05) is 24.0 Å². The zero-order chi connectivity index (χ0) is 19.3. The maximum atomic E-state index is 12.6. The van der Waals surface area contributed by atoms with Gasteiger partial charge in [-0.1, -0.05) is 0 Å². The fourth-order valence-corrected chi connectivity index (χ4v) is 3.40. The zero-order valence-electron chi connectivity index (χ0n) is 15.7. The molecule has 0 N–H and O–H groups in total. The number of aromatic nitrogens is 4. The summed E-state index contributed by atoms with van der Waals surface area (Å²) in [5.74, 6) is 1.40. The Morgan fingerprint density at radius 2 is 1.82 bits per heavy atom. The highest BCUT2D eigenvalue weighted by Gasteiger charge is 2.28. The van der Waals surface area contributed by atoms with E-state index in [9.17, 15) is 4.79 Å². The highest BCUT2D eigenvalue weighted by Crippen LogP contribution is 2.34. The largest absolute Gasteiger partial charge is 0.435 e. The van der Waals surface area contributed by atoms with E-state index in [2.05, 4.69) is 19.9 Å². The molecule has 0 aromatic carbocycles. The van der Waals surface area contributed by atoms with E-state index >= 15 is 0 Å². The Kier molecular flexibility index (Phi) is 5.23. The molecule has 28 heavy (non-hydrogen) atoms. The molecule has 1 aliphatic heterocycles. The molecule has 0 radical (unpaired) electrons. The van der Waals surface area contributed by atoms with Crippen molar-refractivity contribution in [2.24, 2.45) is 0 Å². The molecule has 4 heterocycles. The predicted molar refractivity (Wildman–Crippen MR) is 103 cm³/mol. The Balaban J connectivity index is 1.47. The number of hydrogen-bond acceptors (Lipinski definition) is 6.